The number of nitrogens with two attached hydrogens (primary N) is 1. The molecule has 2 N–H and O–H groups in total. The summed E-state index contributed by atoms with van der Waals surface area (Å²) in [5.74, 6) is 2.13. The molecule has 4 nitrogen and oxygen atoms in total. The number of imidazole rings is 1. The molecular weight excluding hydrogens is 262 g/mol. The second-order valence-corrected chi connectivity index (χ2v) is 5.94. The van der Waals surface area contributed by atoms with Gasteiger partial charge in [0.2, 0.25) is 0 Å². The highest BCUT2D eigenvalue weighted by Crippen LogP contribution is 2.39. The average molecular weight is 287 g/mol. The largest absolute Gasteiger partial charge is 0.497 e. The number of rotatable bonds is 8. The van der Waals surface area contributed by atoms with Crippen molar-refractivity contribution >= 4 is 11.0 Å². The second kappa shape index (κ2) is 6.48. The molecule has 1 aromatic heterocycles. The van der Waals surface area contributed by atoms with Crippen LogP contribution in [-0.4, -0.2) is 23.2 Å². The molecule has 0 saturated heterocycles. The molecule has 1 aliphatic carbocycles. The van der Waals surface area contributed by atoms with Crippen molar-refractivity contribution in [3.8, 4) is 5.75 Å². The van der Waals surface area contributed by atoms with Crippen LogP contribution in [0, 0.1) is 0 Å². The summed E-state index contributed by atoms with van der Waals surface area (Å²) in [6.45, 7) is 0.806. The third-order valence-corrected chi connectivity index (χ3v) is 4.24. The molecule has 1 aliphatic rings. The molecule has 0 aliphatic heterocycles. The molecule has 0 atom stereocenters. The lowest BCUT2D eigenvalue weighted by atomic mass is 10.1. The van der Waals surface area contributed by atoms with Crippen LogP contribution >= 0.6 is 0 Å². The molecule has 0 spiro atoms. The Labute approximate surface area is 126 Å². The van der Waals surface area contributed by atoms with E-state index in [1.165, 1.54) is 43.4 Å². The van der Waals surface area contributed by atoms with E-state index in [4.69, 9.17) is 15.5 Å². The van der Waals surface area contributed by atoms with Crippen molar-refractivity contribution < 1.29 is 4.74 Å². The van der Waals surface area contributed by atoms with Crippen LogP contribution < -0.4 is 10.5 Å². The van der Waals surface area contributed by atoms with Gasteiger partial charge in [-0.05, 0) is 44.4 Å². The highest BCUT2D eigenvalue weighted by molar-refractivity contribution is 5.78. The smallest absolute Gasteiger partial charge is 0.121 e. The summed E-state index contributed by atoms with van der Waals surface area (Å²) in [6, 6.07) is 6.90. The van der Waals surface area contributed by atoms with E-state index in [-0.39, 0.29) is 0 Å². The van der Waals surface area contributed by atoms with Gasteiger partial charge >= 0.3 is 0 Å². The van der Waals surface area contributed by atoms with Gasteiger partial charge in [0.05, 0.1) is 18.1 Å². The first-order valence-corrected chi connectivity index (χ1v) is 8.08. The summed E-state index contributed by atoms with van der Waals surface area (Å²) in [4.78, 5) is 4.86. The van der Waals surface area contributed by atoms with Gasteiger partial charge in [-0.2, -0.15) is 0 Å². The lowest BCUT2D eigenvalue weighted by Crippen LogP contribution is -2.02. The predicted molar refractivity (Wildman–Crippen MR) is 85.8 cm³/mol. The Morgan fingerprint density at radius 3 is 2.76 bits per heavy atom. The minimum Gasteiger partial charge on any atom is -0.497 e. The van der Waals surface area contributed by atoms with E-state index in [2.05, 4.69) is 10.6 Å². The number of unbranched alkanes of at least 4 members (excludes halogenated alkanes) is 3. The fourth-order valence-corrected chi connectivity index (χ4v) is 2.95. The minimum absolute atomic E-state index is 0.669. The van der Waals surface area contributed by atoms with Crippen molar-refractivity contribution in [2.75, 3.05) is 13.7 Å². The van der Waals surface area contributed by atoms with Gasteiger partial charge in [-0.25, -0.2) is 4.98 Å². The van der Waals surface area contributed by atoms with E-state index in [9.17, 15) is 0 Å². The third-order valence-electron chi connectivity index (χ3n) is 4.24. The molecule has 21 heavy (non-hydrogen) atoms. The highest BCUT2D eigenvalue weighted by Gasteiger charge is 2.27. The van der Waals surface area contributed by atoms with Crippen LogP contribution in [0.25, 0.3) is 11.0 Å². The van der Waals surface area contributed by atoms with Gasteiger partial charge < -0.3 is 15.0 Å². The van der Waals surface area contributed by atoms with E-state index >= 15 is 0 Å². The predicted octanol–water partition coefficient (Wildman–Crippen LogP) is 3.44. The van der Waals surface area contributed by atoms with Crippen molar-refractivity contribution in [1.82, 2.24) is 9.55 Å². The summed E-state index contributed by atoms with van der Waals surface area (Å²) >= 11 is 0. The van der Waals surface area contributed by atoms with Crippen LogP contribution in [0.2, 0.25) is 0 Å². The van der Waals surface area contributed by atoms with E-state index in [1.54, 1.807) is 7.11 Å². The van der Waals surface area contributed by atoms with Gasteiger partial charge in [0.1, 0.15) is 11.6 Å². The SMILES string of the molecule is COc1ccc2c(c1)nc(CCCCCCN)n2C1CC1. The number of aryl methyl sites for hydroxylation is 1. The maximum absolute atomic E-state index is 5.54. The molecule has 1 saturated carbocycles. The Balaban J connectivity index is 1.78. The Morgan fingerprint density at radius 2 is 2.05 bits per heavy atom. The zero-order valence-electron chi connectivity index (χ0n) is 12.8. The van der Waals surface area contributed by atoms with Crippen molar-refractivity contribution in [2.24, 2.45) is 5.73 Å². The molecule has 4 heteroatoms. The number of hydrogen-bond acceptors (Lipinski definition) is 3. The first-order valence-electron chi connectivity index (χ1n) is 8.08. The Bertz CT molecular complexity index is 601. The van der Waals surface area contributed by atoms with Crippen molar-refractivity contribution in [3.63, 3.8) is 0 Å². The van der Waals surface area contributed by atoms with Crippen LogP contribution in [0.5, 0.6) is 5.75 Å². The number of aromatic nitrogens is 2. The van der Waals surface area contributed by atoms with Gasteiger partial charge in [0.25, 0.3) is 0 Å². The number of hydrogen-bond donors (Lipinski definition) is 1. The van der Waals surface area contributed by atoms with Crippen molar-refractivity contribution in [3.05, 3.63) is 24.0 Å². The molecule has 3 rings (SSSR count). The molecule has 0 bridgehead atoms. The quantitative estimate of drug-likeness (QED) is 0.757. The van der Waals surface area contributed by atoms with Crippen LogP contribution in [0.3, 0.4) is 0 Å². The lowest BCUT2D eigenvalue weighted by molar-refractivity contribution is 0.415. The van der Waals surface area contributed by atoms with E-state index in [0.717, 1.165) is 30.7 Å². The molecule has 0 unspecified atom stereocenters. The monoisotopic (exact) mass is 287 g/mol. The van der Waals surface area contributed by atoms with Crippen LogP contribution in [-0.2, 0) is 6.42 Å². The van der Waals surface area contributed by atoms with E-state index < -0.39 is 0 Å². The summed E-state index contributed by atoms with van der Waals surface area (Å²) < 4.78 is 7.77. The zero-order valence-corrected chi connectivity index (χ0v) is 12.8. The minimum atomic E-state index is 0.669. The van der Waals surface area contributed by atoms with Gasteiger partial charge in [-0.1, -0.05) is 12.8 Å². The van der Waals surface area contributed by atoms with Crippen molar-refractivity contribution in [1.29, 1.82) is 0 Å². The molecule has 1 fully saturated rings. The summed E-state index contributed by atoms with van der Waals surface area (Å²) in [6.07, 6.45) is 8.46. The van der Waals surface area contributed by atoms with Gasteiger partial charge in [0, 0.05) is 18.5 Å². The van der Waals surface area contributed by atoms with E-state index in [0.29, 0.717) is 6.04 Å². The first kappa shape index (κ1) is 14.4. The van der Waals surface area contributed by atoms with Crippen LogP contribution in [0.4, 0.5) is 0 Å². The Hall–Kier alpha value is -1.55. The molecule has 1 aromatic carbocycles. The average Bonchev–Trinajstić information content (AvgIpc) is 3.27. The fraction of sp³-hybridized carbons (Fsp3) is 0.588. The Kier molecular flexibility index (Phi) is 4.44. The summed E-state index contributed by atoms with van der Waals surface area (Å²) in [7, 11) is 1.71. The molecule has 0 radical (unpaired) electrons. The summed E-state index contributed by atoms with van der Waals surface area (Å²) in [5.41, 5.74) is 7.87. The second-order valence-electron chi connectivity index (χ2n) is 5.94. The number of benzene rings is 1. The van der Waals surface area contributed by atoms with E-state index in [1.807, 2.05) is 12.1 Å². The third kappa shape index (κ3) is 3.21. The molecule has 0 amide bonds. The fourth-order valence-electron chi connectivity index (χ4n) is 2.95. The number of ether oxygens (including phenoxy) is 1. The number of fused-ring (bicyclic) bond motifs is 1. The lowest BCUT2D eigenvalue weighted by Gasteiger charge is -2.07. The molecule has 1 heterocycles. The van der Waals surface area contributed by atoms with Gasteiger partial charge in [-0.15, -0.1) is 0 Å². The molecule has 114 valence electrons. The molecular formula is C17H25N3O. The van der Waals surface area contributed by atoms with Gasteiger partial charge in [0.15, 0.2) is 0 Å². The molecule has 2 aromatic rings. The van der Waals surface area contributed by atoms with Gasteiger partial charge in [-0.3, -0.25) is 0 Å². The normalized spacial score (nSPS) is 14.8. The summed E-state index contributed by atoms with van der Waals surface area (Å²) in [5, 5.41) is 0. The Morgan fingerprint density at radius 1 is 1.24 bits per heavy atom. The maximum atomic E-state index is 5.54. The first-order chi connectivity index (χ1) is 10.3. The topological polar surface area (TPSA) is 53.1 Å². The van der Waals surface area contributed by atoms with Crippen LogP contribution in [0.15, 0.2) is 18.2 Å². The highest BCUT2D eigenvalue weighted by atomic mass is 16.5. The number of nitrogens with zero attached hydrogens (tertiary/aromatic N) is 2. The standard InChI is InChI=1S/C17H25N3O/c1-21-14-9-10-16-15(12-14)19-17(20(16)13-7-8-13)6-4-2-3-5-11-18/h9-10,12-13H,2-8,11,18H2,1H3. The van der Waals surface area contributed by atoms with Crippen molar-refractivity contribution in [2.45, 2.75) is 51.0 Å². The number of methoxy groups -OCH3 is 1. The zero-order chi connectivity index (χ0) is 14.7. The maximum Gasteiger partial charge on any atom is 0.121 e. The van der Waals surface area contributed by atoms with Crippen LogP contribution in [0.1, 0.15) is 50.4 Å².